The number of anilines is 1. The van der Waals surface area contributed by atoms with Gasteiger partial charge in [0.15, 0.2) is 0 Å². The number of rotatable bonds is 3. The van der Waals surface area contributed by atoms with Crippen LogP contribution in [-0.2, 0) is 14.1 Å². The van der Waals surface area contributed by atoms with Gasteiger partial charge in [-0.2, -0.15) is 5.10 Å². The molecule has 7 nitrogen and oxygen atoms in total. The second-order valence-electron chi connectivity index (χ2n) is 6.59. The predicted molar refractivity (Wildman–Crippen MR) is 96.6 cm³/mol. The first-order chi connectivity index (χ1) is 12.1. The van der Waals surface area contributed by atoms with E-state index in [0.29, 0.717) is 5.69 Å². The Morgan fingerprint density at radius 3 is 2.84 bits per heavy atom. The molecule has 7 heteroatoms. The zero-order valence-electron chi connectivity index (χ0n) is 14.5. The normalized spacial score (nSPS) is 17.8. The maximum absolute atomic E-state index is 12.4. The number of piperidine rings is 1. The van der Waals surface area contributed by atoms with Crippen LogP contribution in [0.1, 0.15) is 23.3 Å². The molecule has 2 aromatic heterocycles. The Balaban J connectivity index is 1.50. The van der Waals surface area contributed by atoms with Crippen LogP contribution in [0.4, 0.5) is 5.95 Å². The van der Waals surface area contributed by atoms with E-state index in [2.05, 4.69) is 25.9 Å². The minimum Gasteiger partial charge on any atom is -0.346 e. The summed E-state index contributed by atoms with van der Waals surface area (Å²) in [5.41, 5.74) is 2.58. The molecular weight excluding hydrogens is 316 g/mol. The van der Waals surface area contributed by atoms with Crippen molar-refractivity contribution in [3.05, 3.63) is 42.2 Å². The lowest BCUT2D eigenvalue weighted by atomic mass is 10.1. The van der Waals surface area contributed by atoms with Crippen molar-refractivity contribution < 1.29 is 4.79 Å². The lowest BCUT2D eigenvalue weighted by molar-refractivity contribution is 0.0927. The number of fused-ring (bicyclic) bond motifs is 1. The fraction of sp³-hybridized carbons (Fsp3) is 0.389. The minimum atomic E-state index is -0.113. The van der Waals surface area contributed by atoms with Crippen LogP contribution in [0, 0.1) is 0 Å². The monoisotopic (exact) mass is 338 g/mol. The molecule has 1 aromatic carbocycles. The molecule has 1 aliphatic rings. The summed E-state index contributed by atoms with van der Waals surface area (Å²) in [6.45, 7) is 1.71. The maximum Gasteiger partial charge on any atom is 0.272 e. The van der Waals surface area contributed by atoms with E-state index in [9.17, 15) is 4.79 Å². The third-order valence-corrected chi connectivity index (χ3v) is 4.75. The zero-order valence-corrected chi connectivity index (χ0v) is 14.5. The Morgan fingerprint density at radius 2 is 2.08 bits per heavy atom. The molecule has 1 saturated heterocycles. The van der Waals surface area contributed by atoms with Crippen molar-refractivity contribution >= 4 is 22.9 Å². The third kappa shape index (κ3) is 2.97. The summed E-state index contributed by atoms with van der Waals surface area (Å²) >= 11 is 0. The second-order valence-corrected chi connectivity index (χ2v) is 6.59. The van der Waals surface area contributed by atoms with Crippen molar-refractivity contribution in [2.24, 2.45) is 14.1 Å². The molecule has 0 spiro atoms. The zero-order chi connectivity index (χ0) is 17.4. The SMILES string of the molecule is Cn1ccc(C(=O)NC2CCCN(c3nc4ccccc4n3C)C2)n1. The van der Waals surface area contributed by atoms with Gasteiger partial charge >= 0.3 is 0 Å². The first-order valence-corrected chi connectivity index (χ1v) is 8.59. The molecule has 1 N–H and O–H groups in total. The highest BCUT2D eigenvalue weighted by atomic mass is 16.2. The van der Waals surface area contributed by atoms with Gasteiger partial charge in [-0.15, -0.1) is 0 Å². The molecule has 130 valence electrons. The number of nitrogens with one attached hydrogen (secondary N) is 1. The van der Waals surface area contributed by atoms with Crippen molar-refractivity contribution in [2.45, 2.75) is 18.9 Å². The van der Waals surface area contributed by atoms with E-state index in [1.807, 2.05) is 32.3 Å². The summed E-state index contributed by atoms with van der Waals surface area (Å²) in [6, 6.07) is 9.98. The molecule has 25 heavy (non-hydrogen) atoms. The second kappa shape index (κ2) is 6.23. The molecule has 0 bridgehead atoms. The van der Waals surface area contributed by atoms with Crippen molar-refractivity contribution in [2.75, 3.05) is 18.0 Å². The number of benzene rings is 1. The van der Waals surface area contributed by atoms with Crippen molar-refractivity contribution in [3.63, 3.8) is 0 Å². The molecule has 1 amide bonds. The number of aromatic nitrogens is 4. The summed E-state index contributed by atoms with van der Waals surface area (Å²) in [4.78, 5) is 19.4. The Hall–Kier alpha value is -2.83. The average molecular weight is 338 g/mol. The first-order valence-electron chi connectivity index (χ1n) is 8.59. The summed E-state index contributed by atoms with van der Waals surface area (Å²) in [5, 5.41) is 7.28. The van der Waals surface area contributed by atoms with Gasteiger partial charge in [0, 0.05) is 39.4 Å². The number of amides is 1. The third-order valence-electron chi connectivity index (χ3n) is 4.75. The van der Waals surface area contributed by atoms with Gasteiger partial charge in [-0.25, -0.2) is 4.98 Å². The highest BCUT2D eigenvalue weighted by Gasteiger charge is 2.25. The fourth-order valence-corrected chi connectivity index (χ4v) is 3.49. The van der Waals surface area contributed by atoms with Gasteiger partial charge in [-0.1, -0.05) is 12.1 Å². The molecule has 0 radical (unpaired) electrons. The lowest BCUT2D eigenvalue weighted by Gasteiger charge is -2.33. The Kier molecular flexibility index (Phi) is 3.91. The van der Waals surface area contributed by atoms with E-state index < -0.39 is 0 Å². The lowest BCUT2D eigenvalue weighted by Crippen LogP contribution is -2.48. The van der Waals surface area contributed by atoms with Crippen molar-refractivity contribution in [1.82, 2.24) is 24.6 Å². The summed E-state index contributed by atoms with van der Waals surface area (Å²) in [7, 11) is 3.85. The quantitative estimate of drug-likeness (QED) is 0.789. The van der Waals surface area contributed by atoms with Crippen LogP contribution < -0.4 is 10.2 Å². The highest BCUT2D eigenvalue weighted by Crippen LogP contribution is 2.24. The van der Waals surface area contributed by atoms with E-state index in [1.165, 1.54) is 0 Å². The number of carbonyl (C=O) groups is 1. The Labute approximate surface area is 146 Å². The summed E-state index contributed by atoms with van der Waals surface area (Å²) in [6.07, 6.45) is 3.77. The van der Waals surface area contributed by atoms with Gasteiger partial charge in [0.1, 0.15) is 5.69 Å². The van der Waals surface area contributed by atoms with Gasteiger partial charge < -0.3 is 14.8 Å². The first kappa shape index (κ1) is 15.7. The molecular formula is C18H22N6O. The van der Waals surface area contributed by atoms with Crippen molar-refractivity contribution in [1.29, 1.82) is 0 Å². The van der Waals surface area contributed by atoms with E-state index in [0.717, 1.165) is 42.9 Å². The molecule has 1 atom stereocenters. The molecule has 1 aliphatic heterocycles. The molecule has 3 heterocycles. The largest absolute Gasteiger partial charge is 0.346 e. The van der Waals surface area contributed by atoms with Gasteiger partial charge in [0.2, 0.25) is 5.95 Å². The van der Waals surface area contributed by atoms with Crippen molar-refractivity contribution in [3.8, 4) is 0 Å². The minimum absolute atomic E-state index is 0.100. The Morgan fingerprint density at radius 1 is 1.24 bits per heavy atom. The topological polar surface area (TPSA) is 68.0 Å². The van der Waals surface area contributed by atoms with Gasteiger partial charge in [0.25, 0.3) is 5.91 Å². The van der Waals surface area contributed by atoms with Crippen LogP contribution in [0.15, 0.2) is 36.5 Å². The predicted octanol–water partition coefficient (Wildman–Crippen LogP) is 1.71. The fourth-order valence-electron chi connectivity index (χ4n) is 3.49. The summed E-state index contributed by atoms with van der Waals surface area (Å²) < 4.78 is 3.76. The molecule has 0 saturated carbocycles. The van der Waals surface area contributed by atoms with Crippen LogP contribution in [-0.4, -0.2) is 44.4 Å². The number of aryl methyl sites for hydroxylation is 2. The average Bonchev–Trinajstić information content (AvgIpc) is 3.19. The number of hydrogen-bond donors (Lipinski definition) is 1. The van der Waals surface area contributed by atoms with E-state index in [4.69, 9.17) is 4.98 Å². The number of imidazole rings is 1. The Bertz CT molecular complexity index is 911. The molecule has 1 fully saturated rings. The van der Waals surface area contributed by atoms with Gasteiger partial charge in [-0.05, 0) is 31.0 Å². The standard InChI is InChI=1S/C18H22N6O/c1-22-11-9-15(21-22)17(25)19-13-6-5-10-24(12-13)18-20-14-7-3-4-8-16(14)23(18)2/h3-4,7-9,11,13H,5-6,10,12H2,1-2H3,(H,19,25). The molecule has 4 rings (SSSR count). The van der Waals surface area contributed by atoms with E-state index in [-0.39, 0.29) is 11.9 Å². The molecule has 3 aromatic rings. The van der Waals surface area contributed by atoms with E-state index in [1.54, 1.807) is 16.9 Å². The van der Waals surface area contributed by atoms with E-state index >= 15 is 0 Å². The number of nitrogens with zero attached hydrogens (tertiary/aromatic N) is 5. The van der Waals surface area contributed by atoms with Gasteiger partial charge in [-0.3, -0.25) is 9.48 Å². The van der Waals surface area contributed by atoms with Gasteiger partial charge in [0.05, 0.1) is 11.0 Å². The van der Waals surface area contributed by atoms with Crippen LogP contribution in [0.2, 0.25) is 0 Å². The molecule has 1 unspecified atom stereocenters. The van der Waals surface area contributed by atoms with Crippen LogP contribution in [0.5, 0.6) is 0 Å². The maximum atomic E-state index is 12.4. The summed E-state index contributed by atoms with van der Waals surface area (Å²) in [5.74, 6) is 0.843. The number of para-hydroxylation sites is 2. The number of carbonyl (C=O) groups excluding carboxylic acids is 1. The van der Waals surface area contributed by atoms with Crippen LogP contribution in [0.25, 0.3) is 11.0 Å². The molecule has 0 aliphatic carbocycles. The smallest absolute Gasteiger partial charge is 0.272 e. The van der Waals surface area contributed by atoms with Crippen LogP contribution >= 0.6 is 0 Å². The van der Waals surface area contributed by atoms with Crippen LogP contribution in [0.3, 0.4) is 0 Å². The number of hydrogen-bond acceptors (Lipinski definition) is 4. The highest BCUT2D eigenvalue weighted by molar-refractivity contribution is 5.92.